The molecule has 0 aliphatic rings. The molecule has 8 heteroatoms. The van der Waals surface area contributed by atoms with Crippen LogP contribution >= 0.6 is 23.1 Å². The number of thiazole rings is 1. The van der Waals surface area contributed by atoms with Crippen LogP contribution in [0.4, 0.5) is 5.13 Å². The van der Waals surface area contributed by atoms with Crippen molar-refractivity contribution in [2.45, 2.75) is 41.2 Å². The zero-order valence-electron chi connectivity index (χ0n) is 12.6. The number of hydrogen-bond acceptors (Lipinski definition) is 6. The van der Waals surface area contributed by atoms with Crippen LogP contribution in [0.5, 0.6) is 0 Å². The zero-order valence-corrected chi connectivity index (χ0v) is 15.1. The number of anilines is 1. The van der Waals surface area contributed by atoms with Crippen LogP contribution in [0.3, 0.4) is 0 Å². The van der Waals surface area contributed by atoms with Crippen LogP contribution in [0.15, 0.2) is 39.6 Å². The number of hydrogen-bond donors (Lipinski definition) is 2. The van der Waals surface area contributed by atoms with Crippen molar-refractivity contribution in [3.05, 3.63) is 36.0 Å². The first kappa shape index (κ1) is 17.3. The molecule has 120 valence electrons. The van der Waals surface area contributed by atoms with Crippen LogP contribution in [-0.4, -0.2) is 18.7 Å². The van der Waals surface area contributed by atoms with Gasteiger partial charge >= 0.3 is 0 Å². The van der Waals surface area contributed by atoms with Gasteiger partial charge in [-0.1, -0.05) is 37.3 Å². The highest BCUT2D eigenvalue weighted by atomic mass is 32.2. The quantitative estimate of drug-likeness (QED) is 0.773. The number of nitrogens with two attached hydrogens (primary N) is 1. The molecule has 3 N–H and O–H groups in total. The number of nitrogens with zero attached hydrogens (tertiary/aromatic N) is 1. The summed E-state index contributed by atoms with van der Waals surface area (Å²) < 4.78 is 22.6. The van der Waals surface area contributed by atoms with Crippen LogP contribution in [0.1, 0.15) is 32.4 Å². The first-order valence-corrected chi connectivity index (χ1v) is 10.0. The van der Waals surface area contributed by atoms with Crippen LogP contribution in [0.2, 0.25) is 0 Å². The van der Waals surface area contributed by atoms with Crippen molar-refractivity contribution in [3.8, 4) is 0 Å². The predicted molar refractivity (Wildman–Crippen MR) is 93.0 cm³/mol. The highest BCUT2D eigenvalue weighted by Gasteiger charge is 2.14. The molecule has 1 aromatic heterocycles. The molecule has 0 saturated carbocycles. The van der Waals surface area contributed by atoms with Gasteiger partial charge in [0, 0.05) is 10.1 Å². The van der Waals surface area contributed by atoms with E-state index in [2.05, 4.69) is 48.4 Å². The maximum Gasteiger partial charge on any atom is 0.249 e. The van der Waals surface area contributed by atoms with Crippen LogP contribution in [0, 0.1) is 0 Å². The second kappa shape index (κ2) is 6.99. The lowest BCUT2D eigenvalue weighted by Crippen LogP contribution is -2.10. The minimum Gasteiger partial charge on any atom is -0.355 e. The number of rotatable bonds is 6. The fraction of sp³-hybridized carbons (Fsp3) is 0.357. The van der Waals surface area contributed by atoms with Gasteiger partial charge in [-0.15, -0.1) is 11.8 Å². The molecule has 0 aliphatic heterocycles. The van der Waals surface area contributed by atoms with Gasteiger partial charge in [0.15, 0.2) is 9.34 Å². The Morgan fingerprint density at radius 2 is 1.86 bits per heavy atom. The Morgan fingerprint density at radius 3 is 2.36 bits per heavy atom. The fourth-order valence-electron chi connectivity index (χ4n) is 1.83. The molecule has 5 nitrogen and oxygen atoms in total. The van der Waals surface area contributed by atoms with E-state index in [9.17, 15) is 8.42 Å². The van der Waals surface area contributed by atoms with E-state index in [1.54, 1.807) is 0 Å². The van der Waals surface area contributed by atoms with Gasteiger partial charge in [-0.2, -0.15) is 0 Å². The summed E-state index contributed by atoms with van der Waals surface area (Å²) in [6.45, 7) is 6.32. The topological polar surface area (TPSA) is 85.1 Å². The van der Waals surface area contributed by atoms with Crippen molar-refractivity contribution < 1.29 is 8.42 Å². The molecule has 22 heavy (non-hydrogen) atoms. The largest absolute Gasteiger partial charge is 0.355 e. The summed E-state index contributed by atoms with van der Waals surface area (Å²) in [5.41, 5.74) is 1.11. The molecule has 1 aromatic carbocycles. The molecule has 0 saturated heterocycles. The average Bonchev–Trinajstić information content (AvgIpc) is 2.87. The molecule has 0 radical (unpaired) electrons. The maximum absolute atomic E-state index is 11.2. The van der Waals surface area contributed by atoms with Gasteiger partial charge in [-0.3, -0.25) is 0 Å². The van der Waals surface area contributed by atoms with Crippen molar-refractivity contribution in [2.75, 3.05) is 5.32 Å². The third-order valence-corrected chi connectivity index (χ3v) is 6.21. The number of nitrogens with one attached hydrogen (secondary N) is 1. The van der Waals surface area contributed by atoms with Crippen molar-refractivity contribution in [3.63, 3.8) is 0 Å². The number of primary sulfonamides is 1. The monoisotopic (exact) mass is 357 g/mol. The van der Waals surface area contributed by atoms with E-state index in [4.69, 9.17) is 5.14 Å². The Kier molecular flexibility index (Phi) is 5.49. The molecule has 1 heterocycles. The Labute approximate surface area is 139 Å². The highest BCUT2D eigenvalue weighted by molar-refractivity contribution is 7.99. The summed E-state index contributed by atoms with van der Waals surface area (Å²) in [6.07, 6.45) is 1.28. The highest BCUT2D eigenvalue weighted by Crippen LogP contribution is 2.28. The SMILES string of the molecule is CC(C)Sc1ccc(C(C)Nc2ncc(S(N)(=O)=O)s2)cc1. The maximum atomic E-state index is 11.2. The molecule has 0 bridgehead atoms. The van der Waals surface area contributed by atoms with Gasteiger partial charge in [0.1, 0.15) is 0 Å². The second-order valence-corrected chi connectivity index (χ2v) is 9.60. The number of thioether (sulfide) groups is 1. The molecule has 0 amide bonds. The summed E-state index contributed by atoms with van der Waals surface area (Å²) in [6, 6.07) is 8.34. The Bertz CT molecular complexity index is 724. The van der Waals surface area contributed by atoms with Gasteiger partial charge in [0.05, 0.1) is 12.2 Å². The van der Waals surface area contributed by atoms with E-state index in [1.807, 2.05) is 18.7 Å². The third-order valence-electron chi connectivity index (χ3n) is 2.86. The smallest absolute Gasteiger partial charge is 0.249 e. The standard InChI is InChI=1S/C14H19N3O2S3/c1-9(2)20-12-6-4-11(5-7-12)10(3)17-14-16-8-13(21-14)22(15,18)19/h4-10H,1-3H3,(H,16,17)(H2,15,18,19). The van der Waals surface area contributed by atoms with Gasteiger partial charge in [0.25, 0.3) is 0 Å². The van der Waals surface area contributed by atoms with E-state index in [0.29, 0.717) is 10.4 Å². The number of benzene rings is 1. The minimum absolute atomic E-state index is 0.0255. The summed E-state index contributed by atoms with van der Waals surface area (Å²) in [5, 5.41) is 9.36. The Morgan fingerprint density at radius 1 is 1.23 bits per heavy atom. The van der Waals surface area contributed by atoms with Crippen LogP contribution in [-0.2, 0) is 10.0 Å². The molecule has 1 unspecified atom stereocenters. The molecule has 0 spiro atoms. The summed E-state index contributed by atoms with van der Waals surface area (Å²) in [4.78, 5) is 5.28. The molecule has 0 fully saturated rings. The van der Waals surface area contributed by atoms with Crippen molar-refractivity contribution in [1.29, 1.82) is 0 Å². The van der Waals surface area contributed by atoms with E-state index < -0.39 is 10.0 Å². The van der Waals surface area contributed by atoms with E-state index in [1.165, 1.54) is 11.1 Å². The number of sulfonamides is 1. The van der Waals surface area contributed by atoms with Gasteiger partial charge < -0.3 is 5.32 Å². The fourth-order valence-corrected chi connectivity index (χ4v) is 4.21. The van der Waals surface area contributed by atoms with E-state index in [0.717, 1.165) is 16.9 Å². The molecular weight excluding hydrogens is 338 g/mol. The predicted octanol–water partition coefficient (Wildman–Crippen LogP) is 3.46. The summed E-state index contributed by atoms with van der Waals surface area (Å²) >= 11 is 2.85. The summed E-state index contributed by atoms with van der Waals surface area (Å²) in [7, 11) is -3.69. The third kappa shape index (κ3) is 4.70. The Balaban J connectivity index is 2.05. The number of aromatic nitrogens is 1. The molecular formula is C14H19N3O2S3. The van der Waals surface area contributed by atoms with Crippen molar-refractivity contribution >= 4 is 38.3 Å². The van der Waals surface area contributed by atoms with Crippen LogP contribution in [0.25, 0.3) is 0 Å². The summed E-state index contributed by atoms with van der Waals surface area (Å²) in [5.74, 6) is 0. The molecule has 2 aromatic rings. The van der Waals surface area contributed by atoms with Crippen molar-refractivity contribution in [2.24, 2.45) is 5.14 Å². The van der Waals surface area contributed by atoms with E-state index >= 15 is 0 Å². The van der Waals surface area contributed by atoms with Crippen LogP contribution < -0.4 is 10.5 Å². The lowest BCUT2D eigenvalue weighted by atomic mass is 10.1. The molecule has 2 rings (SSSR count). The first-order chi connectivity index (χ1) is 10.3. The lowest BCUT2D eigenvalue weighted by Gasteiger charge is -2.14. The second-order valence-electron chi connectivity index (χ2n) is 5.13. The first-order valence-electron chi connectivity index (χ1n) is 6.77. The lowest BCUT2D eigenvalue weighted by molar-refractivity contribution is 0.599. The van der Waals surface area contributed by atoms with Gasteiger partial charge in [0.2, 0.25) is 10.0 Å². The molecule has 1 atom stereocenters. The van der Waals surface area contributed by atoms with Gasteiger partial charge in [-0.05, 0) is 24.6 Å². The van der Waals surface area contributed by atoms with E-state index in [-0.39, 0.29) is 10.3 Å². The van der Waals surface area contributed by atoms with Crippen molar-refractivity contribution in [1.82, 2.24) is 4.98 Å². The Hall–Kier alpha value is -1.09. The molecule has 0 aliphatic carbocycles. The van der Waals surface area contributed by atoms with Gasteiger partial charge in [-0.25, -0.2) is 18.5 Å². The normalized spacial score (nSPS) is 13.3. The average molecular weight is 358 g/mol. The zero-order chi connectivity index (χ0) is 16.3. The minimum atomic E-state index is -3.69.